The second-order valence-corrected chi connectivity index (χ2v) is 2.74. The molecular weight excluding hydrogens is 130 g/mol. The van der Waals surface area contributed by atoms with Crippen LogP contribution < -0.4 is 5.73 Å². The van der Waals surface area contributed by atoms with Gasteiger partial charge in [-0.1, -0.05) is 0 Å². The molecule has 3 heteroatoms. The van der Waals surface area contributed by atoms with Gasteiger partial charge >= 0.3 is 0 Å². The van der Waals surface area contributed by atoms with Crippen LogP contribution in [-0.4, -0.2) is 33.0 Å². The Bertz CT molecular complexity index is 95.6. The summed E-state index contributed by atoms with van der Waals surface area (Å²) < 4.78 is 10.2. The molecular formula is C7H15NO2. The molecule has 0 aromatic heterocycles. The third kappa shape index (κ3) is 1.94. The van der Waals surface area contributed by atoms with Crippen LogP contribution in [0, 0.1) is 5.92 Å². The molecule has 3 nitrogen and oxygen atoms in total. The molecule has 0 radical (unpaired) electrons. The third-order valence-electron chi connectivity index (χ3n) is 1.91. The van der Waals surface area contributed by atoms with Crippen LogP contribution >= 0.6 is 0 Å². The zero-order chi connectivity index (χ0) is 7.40. The van der Waals surface area contributed by atoms with E-state index in [0.29, 0.717) is 5.92 Å². The molecule has 1 rings (SSSR count). The van der Waals surface area contributed by atoms with E-state index < -0.39 is 0 Å². The molecule has 1 aliphatic rings. The van der Waals surface area contributed by atoms with Crippen molar-refractivity contribution < 1.29 is 9.47 Å². The lowest BCUT2D eigenvalue weighted by Gasteiger charge is -2.27. The number of rotatable bonds is 2. The molecule has 0 bridgehead atoms. The van der Waals surface area contributed by atoms with Crippen LogP contribution in [0.25, 0.3) is 0 Å². The van der Waals surface area contributed by atoms with E-state index in [1.807, 2.05) is 0 Å². The Balaban J connectivity index is 2.25. The molecule has 1 aliphatic heterocycles. The van der Waals surface area contributed by atoms with E-state index in [0.717, 1.165) is 26.2 Å². The average molecular weight is 145 g/mol. The maximum absolute atomic E-state index is 5.81. The summed E-state index contributed by atoms with van der Waals surface area (Å²) in [5, 5.41) is 0. The molecule has 0 aliphatic carbocycles. The van der Waals surface area contributed by atoms with Gasteiger partial charge in [-0.2, -0.15) is 0 Å². The highest BCUT2D eigenvalue weighted by Crippen LogP contribution is 2.12. The summed E-state index contributed by atoms with van der Waals surface area (Å²) in [4.78, 5) is 0. The van der Waals surface area contributed by atoms with Crippen molar-refractivity contribution in [3.63, 3.8) is 0 Å². The van der Waals surface area contributed by atoms with E-state index in [-0.39, 0.29) is 6.04 Å². The van der Waals surface area contributed by atoms with Crippen LogP contribution in [0.3, 0.4) is 0 Å². The second kappa shape index (κ2) is 3.91. The van der Waals surface area contributed by atoms with Gasteiger partial charge in [-0.05, 0) is 6.42 Å². The summed E-state index contributed by atoms with van der Waals surface area (Å²) >= 11 is 0. The predicted molar refractivity (Wildman–Crippen MR) is 38.8 cm³/mol. The molecule has 60 valence electrons. The minimum absolute atomic E-state index is 0.272. The number of ether oxygens (including phenoxy) is 2. The van der Waals surface area contributed by atoms with Gasteiger partial charge in [0.25, 0.3) is 0 Å². The first kappa shape index (κ1) is 7.98. The first-order valence-electron chi connectivity index (χ1n) is 3.67. The standard InChI is InChI=1S/C7H15NO2/c1-9-4-6-5-10-3-2-7(6)8/h6-7H,2-5,8H2,1H3. The molecule has 10 heavy (non-hydrogen) atoms. The van der Waals surface area contributed by atoms with Gasteiger partial charge in [0.05, 0.1) is 13.2 Å². The van der Waals surface area contributed by atoms with Crippen molar-refractivity contribution in [1.29, 1.82) is 0 Å². The zero-order valence-corrected chi connectivity index (χ0v) is 6.38. The predicted octanol–water partition coefficient (Wildman–Crippen LogP) is -0.00340. The Morgan fingerprint density at radius 3 is 3.10 bits per heavy atom. The first-order chi connectivity index (χ1) is 4.84. The lowest BCUT2D eigenvalue weighted by molar-refractivity contribution is 0.00702. The molecule has 0 saturated carbocycles. The normalized spacial score (nSPS) is 34.2. The van der Waals surface area contributed by atoms with Gasteiger partial charge < -0.3 is 15.2 Å². The van der Waals surface area contributed by atoms with E-state index in [1.54, 1.807) is 7.11 Å². The van der Waals surface area contributed by atoms with E-state index in [4.69, 9.17) is 15.2 Å². The molecule has 0 amide bonds. The number of nitrogens with two attached hydrogens (primary N) is 1. The Hall–Kier alpha value is -0.120. The Morgan fingerprint density at radius 2 is 2.50 bits per heavy atom. The Labute approximate surface area is 61.5 Å². The number of methoxy groups -OCH3 is 1. The average Bonchev–Trinajstić information content (AvgIpc) is 1.94. The molecule has 2 atom stereocenters. The smallest absolute Gasteiger partial charge is 0.0531 e. The van der Waals surface area contributed by atoms with Crippen molar-refractivity contribution in [1.82, 2.24) is 0 Å². The Morgan fingerprint density at radius 1 is 1.70 bits per heavy atom. The summed E-state index contributed by atoms with van der Waals surface area (Å²) in [6.45, 7) is 2.29. The maximum atomic E-state index is 5.81. The molecule has 0 aromatic carbocycles. The highest BCUT2D eigenvalue weighted by molar-refractivity contribution is 4.75. The number of hydrogen-bond donors (Lipinski definition) is 1. The molecule has 0 spiro atoms. The summed E-state index contributed by atoms with van der Waals surface area (Å²) in [5.74, 6) is 0.402. The van der Waals surface area contributed by atoms with Crippen molar-refractivity contribution in [3.05, 3.63) is 0 Å². The van der Waals surface area contributed by atoms with Crippen molar-refractivity contribution >= 4 is 0 Å². The van der Waals surface area contributed by atoms with Crippen LogP contribution in [0.2, 0.25) is 0 Å². The monoisotopic (exact) mass is 145 g/mol. The highest BCUT2D eigenvalue weighted by Gasteiger charge is 2.21. The molecule has 2 N–H and O–H groups in total. The van der Waals surface area contributed by atoms with Gasteiger partial charge in [-0.15, -0.1) is 0 Å². The van der Waals surface area contributed by atoms with Crippen molar-refractivity contribution in [2.75, 3.05) is 26.9 Å². The van der Waals surface area contributed by atoms with Crippen molar-refractivity contribution in [2.45, 2.75) is 12.5 Å². The topological polar surface area (TPSA) is 44.5 Å². The molecule has 0 aromatic rings. The quantitative estimate of drug-likeness (QED) is 0.594. The maximum Gasteiger partial charge on any atom is 0.0531 e. The van der Waals surface area contributed by atoms with Gasteiger partial charge in [0.1, 0.15) is 0 Å². The fraction of sp³-hybridized carbons (Fsp3) is 1.00. The van der Waals surface area contributed by atoms with Crippen LogP contribution in [0.1, 0.15) is 6.42 Å². The van der Waals surface area contributed by atoms with Crippen molar-refractivity contribution in [3.8, 4) is 0 Å². The second-order valence-electron chi connectivity index (χ2n) is 2.74. The van der Waals surface area contributed by atoms with Crippen LogP contribution in [0.5, 0.6) is 0 Å². The van der Waals surface area contributed by atoms with Gasteiger partial charge in [-0.25, -0.2) is 0 Å². The minimum atomic E-state index is 0.272. The molecule has 2 unspecified atom stereocenters. The fourth-order valence-electron chi connectivity index (χ4n) is 1.20. The van der Waals surface area contributed by atoms with E-state index in [2.05, 4.69) is 0 Å². The van der Waals surface area contributed by atoms with E-state index >= 15 is 0 Å². The summed E-state index contributed by atoms with van der Waals surface area (Å²) in [6, 6.07) is 0.272. The van der Waals surface area contributed by atoms with Gasteiger partial charge in [0, 0.05) is 25.7 Å². The van der Waals surface area contributed by atoms with Gasteiger partial charge in [-0.3, -0.25) is 0 Å². The molecule has 1 heterocycles. The molecule has 1 fully saturated rings. The van der Waals surface area contributed by atoms with Crippen LogP contribution in [0.4, 0.5) is 0 Å². The summed E-state index contributed by atoms with van der Waals surface area (Å²) in [7, 11) is 1.70. The van der Waals surface area contributed by atoms with Gasteiger partial charge in [0.2, 0.25) is 0 Å². The highest BCUT2D eigenvalue weighted by atomic mass is 16.5. The fourth-order valence-corrected chi connectivity index (χ4v) is 1.20. The zero-order valence-electron chi connectivity index (χ0n) is 6.38. The third-order valence-corrected chi connectivity index (χ3v) is 1.91. The van der Waals surface area contributed by atoms with E-state index in [9.17, 15) is 0 Å². The first-order valence-corrected chi connectivity index (χ1v) is 3.67. The lowest BCUT2D eigenvalue weighted by atomic mass is 9.98. The van der Waals surface area contributed by atoms with Crippen molar-refractivity contribution in [2.24, 2.45) is 11.7 Å². The minimum Gasteiger partial charge on any atom is -0.384 e. The largest absolute Gasteiger partial charge is 0.384 e. The van der Waals surface area contributed by atoms with Gasteiger partial charge in [0.15, 0.2) is 0 Å². The van der Waals surface area contributed by atoms with E-state index in [1.165, 1.54) is 0 Å². The Kier molecular flexibility index (Phi) is 3.12. The van der Waals surface area contributed by atoms with Crippen LogP contribution in [-0.2, 0) is 9.47 Å². The lowest BCUT2D eigenvalue weighted by Crippen LogP contribution is -2.40. The summed E-state index contributed by atoms with van der Waals surface area (Å²) in [6.07, 6.45) is 0.966. The summed E-state index contributed by atoms with van der Waals surface area (Å²) in [5.41, 5.74) is 5.81. The SMILES string of the molecule is COCC1COCCC1N. The molecule has 1 saturated heterocycles. The van der Waals surface area contributed by atoms with Crippen LogP contribution in [0.15, 0.2) is 0 Å². The number of hydrogen-bond acceptors (Lipinski definition) is 3.